The molecule has 0 saturated carbocycles. The maximum absolute atomic E-state index is 11.2. The largest absolute Gasteiger partial charge is 0.493 e. The first-order valence-corrected chi connectivity index (χ1v) is 7.17. The van der Waals surface area contributed by atoms with Crippen LogP contribution < -0.4 is 5.32 Å². The Bertz CT molecular complexity index is 557. The van der Waals surface area contributed by atoms with Gasteiger partial charge >= 0.3 is 11.9 Å². The zero-order valence-corrected chi connectivity index (χ0v) is 13.4. The van der Waals surface area contributed by atoms with Crippen molar-refractivity contribution >= 4 is 17.7 Å². The number of aliphatic imine (C=N–C) groups is 1. The third-order valence-electron chi connectivity index (χ3n) is 3.52. The van der Waals surface area contributed by atoms with Crippen LogP contribution in [0.3, 0.4) is 0 Å². The Labute approximate surface area is 138 Å². The monoisotopic (exact) mass is 346 g/mol. The summed E-state index contributed by atoms with van der Waals surface area (Å²) >= 11 is 0. The van der Waals surface area contributed by atoms with Gasteiger partial charge < -0.3 is 35.6 Å². The number of carbonyl (C=O) groups is 2. The smallest absolute Gasteiger partial charge is 0.328 e. The number of ether oxygens (including phenoxy) is 1. The molecule has 0 aromatic heterocycles. The van der Waals surface area contributed by atoms with Crippen molar-refractivity contribution in [2.24, 2.45) is 4.99 Å². The molecule has 136 valence electrons. The molecule has 1 aliphatic rings. The van der Waals surface area contributed by atoms with Crippen LogP contribution in [0, 0.1) is 0 Å². The molecule has 0 fully saturated rings. The summed E-state index contributed by atoms with van der Waals surface area (Å²) in [5.74, 6) is -2.44. The standard InChI is InChI=1S/C14H22N2O8/c1-7(18)11(13(21)22)16-9-4-14(23,6-17)3-8(12(9)24-2)15-5-10(19)20/h7,11,16-18,23H,3-6H2,1-2H3,(H,19,20)(H,21,22)/t7-,11+,14+/m1/s1. The number of rotatable bonds is 8. The van der Waals surface area contributed by atoms with Crippen LogP contribution in [-0.2, 0) is 14.3 Å². The zero-order chi connectivity index (χ0) is 18.5. The molecule has 1 aliphatic carbocycles. The van der Waals surface area contributed by atoms with E-state index in [0.29, 0.717) is 0 Å². The van der Waals surface area contributed by atoms with Gasteiger partial charge in [0.15, 0.2) is 11.8 Å². The molecule has 0 aliphatic heterocycles. The molecule has 10 nitrogen and oxygen atoms in total. The van der Waals surface area contributed by atoms with Crippen molar-refractivity contribution in [3.8, 4) is 0 Å². The van der Waals surface area contributed by atoms with Crippen molar-refractivity contribution in [2.75, 3.05) is 20.3 Å². The van der Waals surface area contributed by atoms with Crippen LogP contribution in [0.1, 0.15) is 19.8 Å². The normalized spacial score (nSPS) is 25.3. The van der Waals surface area contributed by atoms with E-state index in [4.69, 9.17) is 14.9 Å². The third kappa shape index (κ3) is 4.91. The van der Waals surface area contributed by atoms with Gasteiger partial charge in [0.1, 0.15) is 6.54 Å². The second kappa shape index (κ2) is 8.08. The number of carboxylic acids is 2. The molecule has 0 aromatic carbocycles. The van der Waals surface area contributed by atoms with Crippen molar-refractivity contribution in [3.63, 3.8) is 0 Å². The Balaban J connectivity index is 3.29. The molecule has 10 heteroatoms. The summed E-state index contributed by atoms with van der Waals surface area (Å²) in [6.07, 6.45) is -1.58. The minimum Gasteiger partial charge on any atom is -0.493 e. The topological polar surface area (TPSA) is 169 Å². The number of allylic oxidation sites excluding steroid dienone is 1. The lowest BCUT2D eigenvalue weighted by molar-refractivity contribution is -0.142. The molecule has 1 rings (SSSR count). The molecular weight excluding hydrogens is 324 g/mol. The lowest BCUT2D eigenvalue weighted by Crippen LogP contribution is -2.49. The van der Waals surface area contributed by atoms with E-state index in [1.807, 2.05) is 0 Å². The Hall–Kier alpha value is -2.17. The maximum atomic E-state index is 11.2. The van der Waals surface area contributed by atoms with E-state index in [0.717, 1.165) is 0 Å². The van der Waals surface area contributed by atoms with E-state index in [1.165, 1.54) is 14.0 Å². The number of nitrogens with zero attached hydrogens (tertiary/aromatic N) is 1. The van der Waals surface area contributed by atoms with Crippen LogP contribution in [-0.4, -0.2) is 81.2 Å². The maximum Gasteiger partial charge on any atom is 0.328 e. The minimum absolute atomic E-state index is 0.0833. The van der Waals surface area contributed by atoms with E-state index in [1.54, 1.807) is 0 Å². The number of carboxylic acid groups (broad SMARTS) is 2. The van der Waals surface area contributed by atoms with Gasteiger partial charge in [0, 0.05) is 12.8 Å². The fourth-order valence-corrected chi connectivity index (χ4v) is 2.37. The third-order valence-corrected chi connectivity index (χ3v) is 3.52. The van der Waals surface area contributed by atoms with Gasteiger partial charge in [0.2, 0.25) is 0 Å². The fraction of sp³-hybridized carbons (Fsp3) is 0.643. The summed E-state index contributed by atoms with van der Waals surface area (Å²) in [5.41, 5.74) is -1.46. The highest BCUT2D eigenvalue weighted by Crippen LogP contribution is 2.30. The Morgan fingerprint density at radius 2 is 2.00 bits per heavy atom. The Kier molecular flexibility index (Phi) is 6.70. The lowest BCUT2D eigenvalue weighted by Gasteiger charge is -2.35. The van der Waals surface area contributed by atoms with Gasteiger partial charge in [-0.15, -0.1) is 0 Å². The fourth-order valence-electron chi connectivity index (χ4n) is 2.37. The summed E-state index contributed by atoms with van der Waals surface area (Å²) < 4.78 is 5.17. The number of aliphatic carboxylic acids is 2. The number of hydrogen-bond donors (Lipinski definition) is 6. The van der Waals surface area contributed by atoms with E-state index in [9.17, 15) is 24.9 Å². The molecule has 0 unspecified atom stereocenters. The van der Waals surface area contributed by atoms with Crippen LogP contribution in [0.5, 0.6) is 0 Å². The number of aliphatic hydroxyl groups excluding tert-OH is 2. The average molecular weight is 346 g/mol. The highest BCUT2D eigenvalue weighted by Gasteiger charge is 2.39. The zero-order valence-electron chi connectivity index (χ0n) is 13.4. The van der Waals surface area contributed by atoms with E-state index >= 15 is 0 Å². The van der Waals surface area contributed by atoms with Gasteiger partial charge in [0.25, 0.3) is 0 Å². The molecule has 0 saturated heterocycles. The van der Waals surface area contributed by atoms with Gasteiger partial charge in [-0.05, 0) is 6.92 Å². The van der Waals surface area contributed by atoms with Crippen molar-refractivity contribution in [2.45, 2.75) is 37.5 Å². The molecule has 0 aromatic rings. The van der Waals surface area contributed by atoms with Crippen LogP contribution >= 0.6 is 0 Å². The highest BCUT2D eigenvalue weighted by molar-refractivity contribution is 6.01. The second-order valence-electron chi connectivity index (χ2n) is 5.61. The number of hydrogen-bond acceptors (Lipinski definition) is 8. The SMILES string of the molecule is COC1=C(N[C@H](C(=O)O)[C@@H](C)O)C[C@](O)(CO)CC1=NCC(=O)O. The van der Waals surface area contributed by atoms with E-state index in [-0.39, 0.29) is 30.0 Å². The summed E-state index contributed by atoms with van der Waals surface area (Å²) in [6.45, 7) is 0.0583. The van der Waals surface area contributed by atoms with Gasteiger partial charge in [-0.3, -0.25) is 9.79 Å². The van der Waals surface area contributed by atoms with Gasteiger partial charge in [-0.2, -0.15) is 0 Å². The molecule has 0 radical (unpaired) electrons. The molecule has 3 atom stereocenters. The summed E-state index contributed by atoms with van der Waals surface area (Å²) in [4.78, 5) is 25.8. The van der Waals surface area contributed by atoms with Gasteiger partial charge in [-0.25, -0.2) is 4.79 Å². The number of methoxy groups -OCH3 is 1. The lowest BCUT2D eigenvalue weighted by atomic mass is 9.85. The van der Waals surface area contributed by atoms with Crippen molar-refractivity contribution in [3.05, 3.63) is 11.5 Å². The summed E-state index contributed by atoms with van der Waals surface area (Å²) in [6, 6.07) is -1.38. The number of nitrogens with one attached hydrogen (secondary N) is 1. The molecule has 24 heavy (non-hydrogen) atoms. The van der Waals surface area contributed by atoms with Gasteiger partial charge in [-0.1, -0.05) is 0 Å². The van der Waals surface area contributed by atoms with Gasteiger partial charge in [0.05, 0.1) is 36.8 Å². The summed E-state index contributed by atoms with van der Waals surface area (Å²) in [7, 11) is 1.29. The average Bonchev–Trinajstić information content (AvgIpc) is 2.49. The second-order valence-corrected chi connectivity index (χ2v) is 5.61. The molecular formula is C14H22N2O8. The van der Waals surface area contributed by atoms with E-state index < -0.39 is 42.8 Å². The first-order valence-electron chi connectivity index (χ1n) is 7.17. The molecule has 0 amide bonds. The highest BCUT2D eigenvalue weighted by atomic mass is 16.5. The molecule has 0 bridgehead atoms. The van der Waals surface area contributed by atoms with E-state index in [2.05, 4.69) is 10.3 Å². The van der Waals surface area contributed by atoms with Crippen molar-refractivity contribution < 1.29 is 39.9 Å². The van der Waals surface area contributed by atoms with Crippen LogP contribution in [0.15, 0.2) is 16.4 Å². The first kappa shape index (κ1) is 19.9. The van der Waals surface area contributed by atoms with Crippen LogP contribution in [0.2, 0.25) is 0 Å². The minimum atomic E-state index is -1.65. The molecule has 0 spiro atoms. The van der Waals surface area contributed by atoms with Crippen molar-refractivity contribution in [1.82, 2.24) is 5.32 Å². The predicted molar refractivity (Wildman–Crippen MR) is 81.5 cm³/mol. The number of aliphatic hydroxyl groups is 3. The van der Waals surface area contributed by atoms with Crippen LogP contribution in [0.4, 0.5) is 0 Å². The quantitative estimate of drug-likeness (QED) is 0.300. The Morgan fingerprint density at radius 1 is 1.38 bits per heavy atom. The molecule has 0 heterocycles. The summed E-state index contributed by atoms with van der Waals surface area (Å²) in [5, 5.41) is 49.8. The first-order chi connectivity index (χ1) is 11.1. The Morgan fingerprint density at radius 3 is 2.42 bits per heavy atom. The predicted octanol–water partition coefficient (Wildman–Crippen LogP) is -1.69. The van der Waals surface area contributed by atoms with Crippen molar-refractivity contribution in [1.29, 1.82) is 0 Å². The van der Waals surface area contributed by atoms with Crippen LogP contribution in [0.25, 0.3) is 0 Å². The molecule has 6 N–H and O–H groups in total.